The molecule has 1 aromatic rings. The first kappa shape index (κ1) is 16.7. The Morgan fingerprint density at radius 3 is 2.35 bits per heavy atom. The third-order valence-electron chi connectivity index (χ3n) is 3.47. The minimum atomic E-state index is -3.41. The van der Waals surface area contributed by atoms with Gasteiger partial charge in [0.05, 0.1) is 16.2 Å². The summed E-state index contributed by atoms with van der Waals surface area (Å²) in [6.45, 7) is 5.52. The number of aryl methyl sites for hydroxylation is 1. The number of hydrogen-bond donors (Lipinski definition) is 1. The molecule has 112 valence electrons. The molecule has 1 N–H and O–H groups in total. The Hall–Kier alpha value is -1.36. The quantitative estimate of drug-likeness (QED) is 0.783. The fourth-order valence-corrected chi connectivity index (χ4v) is 3.84. The van der Waals surface area contributed by atoms with Gasteiger partial charge in [-0.2, -0.15) is 0 Å². The van der Waals surface area contributed by atoms with Gasteiger partial charge < -0.3 is 5.11 Å². The van der Waals surface area contributed by atoms with Crippen LogP contribution in [0.15, 0.2) is 17.0 Å². The molecule has 0 radical (unpaired) electrons. The van der Waals surface area contributed by atoms with Crippen molar-refractivity contribution < 1.29 is 18.3 Å². The monoisotopic (exact) mass is 298 g/mol. The van der Waals surface area contributed by atoms with Gasteiger partial charge in [-0.25, -0.2) is 13.2 Å². The van der Waals surface area contributed by atoms with Crippen molar-refractivity contribution in [3.63, 3.8) is 0 Å². The second kappa shape index (κ2) is 6.88. The number of benzene rings is 1. The van der Waals surface area contributed by atoms with Crippen LogP contribution in [0.25, 0.3) is 0 Å². The van der Waals surface area contributed by atoms with E-state index in [2.05, 4.69) is 6.92 Å². The number of sulfone groups is 1. The van der Waals surface area contributed by atoms with Gasteiger partial charge >= 0.3 is 5.97 Å². The highest BCUT2D eigenvalue weighted by atomic mass is 32.2. The molecule has 0 aliphatic heterocycles. The average molecular weight is 298 g/mol. The van der Waals surface area contributed by atoms with Crippen LogP contribution in [0.5, 0.6) is 0 Å². The first-order valence-electron chi connectivity index (χ1n) is 6.87. The molecule has 0 aromatic heterocycles. The number of unbranched alkanes of at least 4 members (excludes halogenated alkanes) is 3. The molecule has 1 rings (SSSR count). The topological polar surface area (TPSA) is 71.4 Å². The second-order valence-electron chi connectivity index (χ2n) is 5.10. The van der Waals surface area contributed by atoms with E-state index in [1.54, 1.807) is 13.8 Å². The first-order valence-corrected chi connectivity index (χ1v) is 8.52. The van der Waals surface area contributed by atoms with Crippen LogP contribution in [0.1, 0.15) is 54.1 Å². The van der Waals surface area contributed by atoms with Gasteiger partial charge in [-0.05, 0) is 43.5 Å². The van der Waals surface area contributed by atoms with Crippen LogP contribution >= 0.6 is 0 Å². The minimum absolute atomic E-state index is 0.0280. The van der Waals surface area contributed by atoms with Crippen molar-refractivity contribution in [1.29, 1.82) is 0 Å². The van der Waals surface area contributed by atoms with Crippen LogP contribution in [-0.2, 0) is 9.84 Å². The van der Waals surface area contributed by atoms with E-state index in [4.69, 9.17) is 5.11 Å². The Balaban J connectivity index is 3.07. The molecule has 4 nitrogen and oxygen atoms in total. The average Bonchev–Trinajstić information content (AvgIpc) is 2.37. The lowest BCUT2D eigenvalue weighted by Gasteiger charge is -2.11. The predicted octanol–water partition coefficient (Wildman–Crippen LogP) is 3.36. The number of hydrogen-bond acceptors (Lipinski definition) is 3. The molecule has 0 spiro atoms. The Morgan fingerprint density at radius 2 is 1.80 bits per heavy atom. The number of carboxylic acid groups (broad SMARTS) is 1. The van der Waals surface area contributed by atoms with Crippen molar-refractivity contribution in [3.8, 4) is 0 Å². The number of aromatic carboxylic acids is 1. The van der Waals surface area contributed by atoms with Crippen molar-refractivity contribution in [2.45, 2.75) is 51.3 Å². The summed E-state index contributed by atoms with van der Waals surface area (Å²) in [5.74, 6) is -1.02. The SMILES string of the molecule is CCCCCCS(=O)(=O)c1cc(C(=O)O)cc(C)c1C. The summed E-state index contributed by atoms with van der Waals surface area (Å²) in [6.07, 6.45) is 3.56. The van der Waals surface area contributed by atoms with E-state index >= 15 is 0 Å². The highest BCUT2D eigenvalue weighted by molar-refractivity contribution is 7.91. The Labute approximate surface area is 120 Å². The van der Waals surface area contributed by atoms with Gasteiger partial charge in [0.2, 0.25) is 0 Å². The van der Waals surface area contributed by atoms with E-state index in [1.807, 2.05) is 0 Å². The van der Waals surface area contributed by atoms with Crippen molar-refractivity contribution in [1.82, 2.24) is 0 Å². The zero-order chi connectivity index (χ0) is 15.3. The maximum Gasteiger partial charge on any atom is 0.335 e. The molecule has 5 heteroatoms. The maximum absolute atomic E-state index is 12.4. The van der Waals surface area contributed by atoms with E-state index in [1.165, 1.54) is 12.1 Å². The molecule has 0 aliphatic carbocycles. The standard InChI is InChI=1S/C15H22O4S/c1-4-5-6-7-8-20(18,19)14-10-13(15(16)17)9-11(2)12(14)3/h9-10H,4-8H2,1-3H3,(H,16,17). The van der Waals surface area contributed by atoms with Gasteiger partial charge in [0.25, 0.3) is 0 Å². The number of carbonyl (C=O) groups is 1. The summed E-state index contributed by atoms with van der Waals surface area (Å²) >= 11 is 0. The summed E-state index contributed by atoms with van der Waals surface area (Å²) in [7, 11) is -3.41. The molecule has 0 fully saturated rings. The van der Waals surface area contributed by atoms with Crippen LogP contribution in [0.2, 0.25) is 0 Å². The molecule has 0 aliphatic rings. The smallest absolute Gasteiger partial charge is 0.335 e. The molecule has 0 amide bonds. The molecule has 0 saturated heterocycles. The van der Waals surface area contributed by atoms with Gasteiger partial charge in [-0.1, -0.05) is 26.2 Å². The van der Waals surface area contributed by atoms with Gasteiger partial charge in [0.1, 0.15) is 0 Å². The largest absolute Gasteiger partial charge is 0.478 e. The van der Waals surface area contributed by atoms with E-state index in [0.717, 1.165) is 19.3 Å². The number of carboxylic acids is 1. The molecule has 0 atom stereocenters. The zero-order valence-corrected chi connectivity index (χ0v) is 13.1. The fourth-order valence-electron chi connectivity index (χ4n) is 2.10. The molecule has 0 saturated carbocycles. The van der Waals surface area contributed by atoms with Gasteiger partial charge in [0, 0.05) is 0 Å². The summed E-state index contributed by atoms with van der Waals surface area (Å²) in [5.41, 5.74) is 1.36. The first-order chi connectivity index (χ1) is 9.29. The van der Waals surface area contributed by atoms with Crippen molar-refractivity contribution in [2.24, 2.45) is 0 Å². The summed E-state index contributed by atoms with van der Waals surface area (Å²) in [6, 6.07) is 2.79. The Kier molecular flexibility index (Phi) is 5.74. The Morgan fingerprint density at radius 1 is 1.15 bits per heavy atom. The van der Waals surface area contributed by atoms with E-state index in [-0.39, 0.29) is 16.2 Å². The van der Waals surface area contributed by atoms with Gasteiger partial charge in [-0.15, -0.1) is 0 Å². The van der Waals surface area contributed by atoms with Crippen LogP contribution in [0.3, 0.4) is 0 Å². The summed E-state index contributed by atoms with van der Waals surface area (Å²) < 4.78 is 24.7. The molecule has 0 heterocycles. The maximum atomic E-state index is 12.4. The van der Waals surface area contributed by atoms with Crippen LogP contribution in [0, 0.1) is 13.8 Å². The second-order valence-corrected chi connectivity index (χ2v) is 7.18. The van der Waals surface area contributed by atoms with Crippen molar-refractivity contribution >= 4 is 15.8 Å². The molecule has 0 unspecified atom stereocenters. The molecule has 0 bridgehead atoms. The predicted molar refractivity (Wildman–Crippen MR) is 79.1 cm³/mol. The zero-order valence-electron chi connectivity index (χ0n) is 12.3. The number of rotatable bonds is 7. The molecule has 20 heavy (non-hydrogen) atoms. The van der Waals surface area contributed by atoms with E-state index in [9.17, 15) is 13.2 Å². The van der Waals surface area contributed by atoms with E-state index < -0.39 is 15.8 Å². The lowest BCUT2D eigenvalue weighted by molar-refractivity contribution is 0.0696. The lowest BCUT2D eigenvalue weighted by Crippen LogP contribution is -2.11. The van der Waals surface area contributed by atoms with E-state index in [0.29, 0.717) is 17.5 Å². The van der Waals surface area contributed by atoms with Crippen molar-refractivity contribution in [3.05, 3.63) is 28.8 Å². The van der Waals surface area contributed by atoms with Crippen LogP contribution in [0.4, 0.5) is 0 Å². The highest BCUT2D eigenvalue weighted by Gasteiger charge is 2.20. The summed E-state index contributed by atoms with van der Waals surface area (Å²) in [4.78, 5) is 11.2. The molecular formula is C15H22O4S. The normalized spacial score (nSPS) is 11.6. The Bertz CT molecular complexity index is 588. The highest BCUT2D eigenvalue weighted by Crippen LogP contribution is 2.23. The lowest BCUT2D eigenvalue weighted by atomic mass is 10.1. The van der Waals surface area contributed by atoms with Crippen molar-refractivity contribution in [2.75, 3.05) is 5.75 Å². The summed E-state index contributed by atoms with van der Waals surface area (Å²) in [5, 5.41) is 9.04. The molecule has 1 aromatic carbocycles. The third kappa shape index (κ3) is 4.07. The molecular weight excluding hydrogens is 276 g/mol. The van der Waals surface area contributed by atoms with Crippen LogP contribution in [-0.4, -0.2) is 25.2 Å². The fraction of sp³-hybridized carbons (Fsp3) is 0.533. The van der Waals surface area contributed by atoms with Crippen LogP contribution < -0.4 is 0 Å². The minimum Gasteiger partial charge on any atom is -0.478 e. The van der Waals surface area contributed by atoms with Gasteiger partial charge in [0.15, 0.2) is 9.84 Å². The third-order valence-corrected chi connectivity index (χ3v) is 5.39. The van der Waals surface area contributed by atoms with Gasteiger partial charge in [-0.3, -0.25) is 0 Å².